The number of hydrogen-bond acceptors (Lipinski definition) is 1. The van der Waals surface area contributed by atoms with E-state index in [1.807, 2.05) is 18.2 Å². The van der Waals surface area contributed by atoms with E-state index in [2.05, 4.69) is 74.1 Å². The average Bonchev–Trinajstić information content (AvgIpc) is 2.45. The lowest BCUT2D eigenvalue weighted by Crippen LogP contribution is -2.10. The predicted octanol–water partition coefficient (Wildman–Crippen LogP) is 4.39. The Balaban J connectivity index is 2.52. The maximum absolute atomic E-state index is 3.89. The molecule has 0 amide bonds. The topological polar surface area (TPSA) is 3.24 Å². The Labute approximate surface area is 115 Å². The molecule has 0 bridgehead atoms. The fourth-order valence-corrected chi connectivity index (χ4v) is 2.06. The average molecular weight is 249 g/mol. The maximum Gasteiger partial charge on any atom is 0.0446 e. The molecule has 0 saturated carbocycles. The molecule has 2 aromatic carbocycles. The van der Waals surface area contributed by atoms with Crippen molar-refractivity contribution in [2.75, 3.05) is 14.1 Å². The molecule has 0 aliphatic carbocycles. The van der Waals surface area contributed by atoms with E-state index in [4.69, 9.17) is 0 Å². The molecule has 1 heteroatoms. The van der Waals surface area contributed by atoms with E-state index in [0.29, 0.717) is 0 Å². The smallest absolute Gasteiger partial charge is 0.0446 e. The van der Waals surface area contributed by atoms with Crippen LogP contribution in [0.1, 0.15) is 16.7 Å². The van der Waals surface area contributed by atoms with Crippen molar-refractivity contribution in [2.45, 2.75) is 0 Å². The van der Waals surface area contributed by atoms with E-state index in [0.717, 1.165) is 5.56 Å². The first kappa shape index (κ1) is 13.2. The van der Waals surface area contributed by atoms with Crippen LogP contribution in [0, 0.1) is 0 Å². The van der Waals surface area contributed by atoms with Crippen LogP contribution in [0.4, 0.5) is 0 Å². The first-order valence-corrected chi connectivity index (χ1v) is 6.38. The molecule has 2 aromatic rings. The van der Waals surface area contributed by atoms with Gasteiger partial charge in [0, 0.05) is 25.4 Å². The molecule has 0 unspecified atom stereocenters. The van der Waals surface area contributed by atoms with Gasteiger partial charge < -0.3 is 4.90 Å². The molecule has 0 spiro atoms. The Bertz CT molecular complexity index is 580. The van der Waals surface area contributed by atoms with Gasteiger partial charge in [-0.25, -0.2) is 0 Å². The molecule has 0 N–H and O–H groups in total. The lowest BCUT2D eigenvalue weighted by Gasteiger charge is -2.19. The maximum atomic E-state index is 3.89. The highest BCUT2D eigenvalue weighted by Crippen LogP contribution is 2.24. The van der Waals surface area contributed by atoms with E-state index >= 15 is 0 Å². The van der Waals surface area contributed by atoms with Crippen molar-refractivity contribution in [3.05, 3.63) is 77.9 Å². The second-order valence-corrected chi connectivity index (χ2v) is 4.63. The second kappa shape index (κ2) is 6.05. The summed E-state index contributed by atoms with van der Waals surface area (Å²) in [5.74, 6) is 0. The Morgan fingerprint density at radius 3 is 2.21 bits per heavy atom. The summed E-state index contributed by atoms with van der Waals surface area (Å²) in [6.45, 7) is 3.89. The minimum absolute atomic E-state index is 1.15. The third-order valence-corrected chi connectivity index (χ3v) is 3.04. The molecule has 0 saturated heterocycles. The molecule has 0 aliphatic heterocycles. The number of benzene rings is 2. The summed E-state index contributed by atoms with van der Waals surface area (Å²) in [6, 6.07) is 18.7. The zero-order chi connectivity index (χ0) is 13.7. The van der Waals surface area contributed by atoms with Gasteiger partial charge in [0.1, 0.15) is 0 Å². The van der Waals surface area contributed by atoms with Crippen LogP contribution < -0.4 is 0 Å². The van der Waals surface area contributed by atoms with Crippen LogP contribution in [0.2, 0.25) is 0 Å². The van der Waals surface area contributed by atoms with Gasteiger partial charge in [0.25, 0.3) is 0 Å². The van der Waals surface area contributed by atoms with Gasteiger partial charge in [-0.15, -0.1) is 0 Å². The molecule has 0 fully saturated rings. The number of nitrogens with zero attached hydrogens (tertiary/aromatic N) is 1. The fourth-order valence-electron chi connectivity index (χ4n) is 2.06. The lowest BCUT2D eigenvalue weighted by atomic mass is 10.0. The highest BCUT2D eigenvalue weighted by molar-refractivity contribution is 5.83. The number of hydrogen-bond donors (Lipinski definition) is 0. The Kier molecular flexibility index (Phi) is 4.19. The van der Waals surface area contributed by atoms with Crippen LogP contribution in [0.5, 0.6) is 0 Å². The van der Waals surface area contributed by atoms with E-state index in [1.165, 1.54) is 16.8 Å². The summed E-state index contributed by atoms with van der Waals surface area (Å²) < 4.78 is 0. The lowest BCUT2D eigenvalue weighted by molar-refractivity contribution is 0.595. The normalized spacial score (nSPS) is 11.2. The van der Waals surface area contributed by atoms with Crippen LogP contribution in [0.3, 0.4) is 0 Å². The van der Waals surface area contributed by atoms with E-state index < -0.39 is 0 Å². The van der Waals surface area contributed by atoms with Gasteiger partial charge in [-0.3, -0.25) is 0 Å². The molecule has 0 atom stereocenters. The Hall–Kier alpha value is -2.28. The summed E-state index contributed by atoms with van der Waals surface area (Å²) in [7, 11) is 4.13. The van der Waals surface area contributed by atoms with Crippen molar-refractivity contribution >= 4 is 17.8 Å². The van der Waals surface area contributed by atoms with Gasteiger partial charge in [0.2, 0.25) is 0 Å². The van der Waals surface area contributed by atoms with E-state index in [9.17, 15) is 0 Å². The van der Waals surface area contributed by atoms with Crippen molar-refractivity contribution in [3.8, 4) is 0 Å². The molecular weight excluding hydrogens is 230 g/mol. The van der Waals surface area contributed by atoms with Gasteiger partial charge in [0.15, 0.2) is 0 Å². The summed E-state index contributed by atoms with van der Waals surface area (Å²) in [5.41, 5.74) is 4.73. The highest BCUT2D eigenvalue weighted by atomic mass is 15.1. The van der Waals surface area contributed by atoms with E-state index in [1.54, 1.807) is 0 Å². The van der Waals surface area contributed by atoms with Crippen LogP contribution in [0.25, 0.3) is 17.8 Å². The predicted molar refractivity (Wildman–Crippen MR) is 84.5 cm³/mol. The second-order valence-electron chi connectivity index (χ2n) is 4.63. The summed E-state index contributed by atoms with van der Waals surface area (Å²) >= 11 is 0. The summed E-state index contributed by atoms with van der Waals surface area (Å²) in [5, 5.41) is 0. The molecule has 0 radical (unpaired) electrons. The van der Waals surface area contributed by atoms with Crippen LogP contribution >= 0.6 is 0 Å². The van der Waals surface area contributed by atoms with Crippen molar-refractivity contribution in [2.24, 2.45) is 0 Å². The van der Waals surface area contributed by atoms with E-state index in [-0.39, 0.29) is 0 Å². The summed E-state index contributed by atoms with van der Waals surface area (Å²) in [6.07, 6.45) is 4.10. The molecule has 19 heavy (non-hydrogen) atoms. The highest BCUT2D eigenvalue weighted by Gasteiger charge is 2.07. The largest absolute Gasteiger partial charge is 0.377 e. The Morgan fingerprint density at radius 2 is 1.58 bits per heavy atom. The van der Waals surface area contributed by atoms with Gasteiger partial charge in [-0.1, -0.05) is 67.3 Å². The molecule has 0 aromatic heterocycles. The zero-order valence-electron chi connectivity index (χ0n) is 11.5. The first-order chi connectivity index (χ1) is 9.22. The SMILES string of the molecule is C=Cc1ccccc1C(=Cc1ccccc1)N(C)C. The minimum atomic E-state index is 1.15. The third-order valence-electron chi connectivity index (χ3n) is 3.04. The van der Waals surface area contributed by atoms with Gasteiger partial charge in [0.05, 0.1) is 0 Å². The van der Waals surface area contributed by atoms with Gasteiger partial charge in [-0.2, -0.15) is 0 Å². The van der Waals surface area contributed by atoms with Crippen LogP contribution in [0.15, 0.2) is 61.2 Å². The monoisotopic (exact) mass is 249 g/mol. The molecule has 1 nitrogen and oxygen atoms in total. The number of rotatable bonds is 4. The van der Waals surface area contributed by atoms with Crippen molar-refractivity contribution in [1.82, 2.24) is 4.90 Å². The fraction of sp³-hybridized carbons (Fsp3) is 0.111. The quantitative estimate of drug-likeness (QED) is 0.726. The van der Waals surface area contributed by atoms with Crippen LogP contribution in [-0.2, 0) is 0 Å². The molecule has 0 aliphatic rings. The van der Waals surface area contributed by atoms with Crippen molar-refractivity contribution in [3.63, 3.8) is 0 Å². The zero-order valence-corrected chi connectivity index (χ0v) is 11.5. The van der Waals surface area contributed by atoms with Gasteiger partial charge in [-0.05, 0) is 17.2 Å². The molecule has 96 valence electrons. The molecule has 0 heterocycles. The minimum Gasteiger partial charge on any atom is -0.377 e. The molecular formula is C18H19N. The van der Waals surface area contributed by atoms with Gasteiger partial charge >= 0.3 is 0 Å². The van der Waals surface area contributed by atoms with Crippen LogP contribution in [-0.4, -0.2) is 19.0 Å². The standard InChI is InChI=1S/C18H19N/c1-4-16-12-8-9-13-17(16)18(19(2)3)14-15-10-6-5-7-11-15/h4-14H,1H2,2-3H3. The summed E-state index contributed by atoms with van der Waals surface area (Å²) in [4.78, 5) is 2.13. The van der Waals surface area contributed by atoms with Crippen molar-refractivity contribution < 1.29 is 0 Å². The Morgan fingerprint density at radius 1 is 0.947 bits per heavy atom. The van der Waals surface area contributed by atoms with Crippen molar-refractivity contribution in [1.29, 1.82) is 0 Å². The third kappa shape index (κ3) is 3.14. The molecule has 2 rings (SSSR count). The first-order valence-electron chi connectivity index (χ1n) is 6.38.